The van der Waals surface area contributed by atoms with Gasteiger partial charge in [-0.15, -0.1) is 0 Å². The van der Waals surface area contributed by atoms with E-state index >= 15 is 0 Å². The summed E-state index contributed by atoms with van der Waals surface area (Å²) >= 11 is 0. The quantitative estimate of drug-likeness (QED) is 0.625. The number of hydrogen-bond donors (Lipinski definition) is 1. The van der Waals surface area contributed by atoms with Crippen molar-refractivity contribution in [2.45, 2.75) is 0 Å². The number of primary amides is 1. The van der Waals surface area contributed by atoms with Gasteiger partial charge >= 0.3 is 0 Å². The molecule has 1 aromatic heterocycles. The number of ether oxygens (including phenoxy) is 1. The SMILES string of the molecule is NC(=O)COc1cnccn1. The molecule has 11 heavy (non-hydrogen) atoms. The van der Waals surface area contributed by atoms with E-state index in [0.29, 0.717) is 5.88 Å². The molecule has 1 rings (SSSR count). The van der Waals surface area contributed by atoms with Crippen molar-refractivity contribution >= 4 is 5.91 Å². The number of amides is 1. The Balaban J connectivity index is 2.45. The first-order valence-electron chi connectivity index (χ1n) is 2.96. The summed E-state index contributed by atoms with van der Waals surface area (Å²) in [6.07, 6.45) is 4.39. The Kier molecular flexibility index (Phi) is 2.37. The molecule has 2 N–H and O–H groups in total. The molecule has 0 unspecified atom stereocenters. The first-order chi connectivity index (χ1) is 5.29. The fourth-order valence-electron chi connectivity index (χ4n) is 0.505. The fraction of sp³-hybridized carbons (Fsp3) is 0.167. The Labute approximate surface area is 63.2 Å². The first-order valence-corrected chi connectivity index (χ1v) is 2.96. The molecule has 0 atom stereocenters. The largest absolute Gasteiger partial charge is 0.466 e. The predicted molar refractivity (Wildman–Crippen MR) is 36.7 cm³/mol. The second kappa shape index (κ2) is 3.50. The molecule has 5 nitrogen and oxygen atoms in total. The van der Waals surface area contributed by atoms with Gasteiger partial charge in [0.25, 0.3) is 5.91 Å². The third kappa shape index (κ3) is 2.61. The third-order valence-electron chi connectivity index (χ3n) is 0.902. The highest BCUT2D eigenvalue weighted by atomic mass is 16.5. The topological polar surface area (TPSA) is 78.1 Å². The molecule has 1 heterocycles. The fourth-order valence-corrected chi connectivity index (χ4v) is 0.505. The van der Waals surface area contributed by atoms with Gasteiger partial charge in [-0.25, -0.2) is 4.98 Å². The highest BCUT2D eigenvalue weighted by Crippen LogP contribution is 1.98. The molecule has 0 saturated heterocycles. The van der Waals surface area contributed by atoms with Crippen molar-refractivity contribution in [1.82, 2.24) is 9.97 Å². The molecular weight excluding hydrogens is 146 g/mol. The lowest BCUT2D eigenvalue weighted by Crippen LogP contribution is -2.20. The van der Waals surface area contributed by atoms with E-state index in [0.717, 1.165) is 0 Å². The zero-order valence-electron chi connectivity index (χ0n) is 5.73. The van der Waals surface area contributed by atoms with Crippen molar-refractivity contribution in [2.75, 3.05) is 6.61 Å². The standard InChI is InChI=1S/C6H7N3O2/c7-5(10)4-11-6-3-8-1-2-9-6/h1-3H,4H2,(H2,7,10). The molecule has 0 aliphatic heterocycles. The summed E-state index contributed by atoms with van der Waals surface area (Å²) < 4.78 is 4.82. The van der Waals surface area contributed by atoms with E-state index in [1.54, 1.807) is 0 Å². The van der Waals surface area contributed by atoms with E-state index < -0.39 is 5.91 Å². The van der Waals surface area contributed by atoms with Crippen LogP contribution in [0.15, 0.2) is 18.6 Å². The number of nitrogens with two attached hydrogens (primary N) is 1. The van der Waals surface area contributed by atoms with Gasteiger partial charge in [-0.1, -0.05) is 0 Å². The summed E-state index contributed by atoms with van der Waals surface area (Å²) in [4.78, 5) is 17.7. The maximum Gasteiger partial charge on any atom is 0.255 e. The van der Waals surface area contributed by atoms with Crippen molar-refractivity contribution in [3.8, 4) is 5.88 Å². The summed E-state index contributed by atoms with van der Waals surface area (Å²) in [5.74, 6) is -0.234. The Bertz CT molecular complexity index is 237. The normalized spacial score (nSPS) is 9.09. The van der Waals surface area contributed by atoms with Gasteiger partial charge in [0, 0.05) is 12.4 Å². The number of carbonyl (C=O) groups excluding carboxylic acids is 1. The van der Waals surface area contributed by atoms with Crippen molar-refractivity contribution in [3.05, 3.63) is 18.6 Å². The van der Waals surface area contributed by atoms with Gasteiger partial charge in [0.2, 0.25) is 5.88 Å². The second-order valence-corrected chi connectivity index (χ2v) is 1.80. The number of nitrogens with zero attached hydrogens (tertiary/aromatic N) is 2. The Morgan fingerprint density at radius 1 is 1.64 bits per heavy atom. The van der Waals surface area contributed by atoms with Gasteiger partial charge in [0.1, 0.15) is 0 Å². The molecule has 1 amide bonds. The van der Waals surface area contributed by atoms with Crippen LogP contribution in [0, 0.1) is 0 Å². The average molecular weight is 153 g/mol. The lowest BCUT2D eigenvalue weighted by Gasteiger charge is -1.98. The maximum absolute atomic E-state index is 10.2. The highest BCUT2D eigenvalue weighted by molar-refractivity contribution is 5.75. The summed E-state index contributed by atoms with van der Waals surface area (Å²) in [6.45, 7) is -0.168. The van der Waals surface area contributed by atoms with E-state index in [9.17, 15) is 4.79 Å². The van der Waals surface area contributed by atoms with Crippen LogP contribution >= 0.6 is 0 Å². The van der Waals surface area contributed by atoms with Crippen LogP contribution < -0.4 is 10.5 Å². The minimum atomic E-state index is -0.532. The molecule has 0 radical (unpaired) electrons. The van der Waals surface area contributed by atoms with Crippen molar-refractivity contribution in [3.63, 3.8) is 0 Å². The minimum Gasteiger partial charge on any atom is -0.466 e. The third-order valence-corrected chi connectivity index (χ3v) is 0.902. The first kappa shape index (κ1) is 7.46. The molecule has 0 bridgehead atoms. The summed E-state index contributed by atoms with van der Waals surface area (Å²) in [5.41, 5.74) is 4.83. The molecule has 0 aromatic carbocycles. The van der Waals surface area contributed by atoms with E-state index in [1.807, 2.05) is 0 Å². The zero-order valence-corrected chi connectivity index (χ0v) is 5.73. The van der Waals surface area contributed by atoms with Gasteiger partial charge in [-0.05, 0) is 0 Å². The van der Waals surface area contributed by atoms with Crippen LogP contribution in [0.1, 0.15) is 0 Å². The number of hydrogen-bond acceptors (Lipinski definition) is 4. The van der Waals surface area contributed by atoms with Gasteiger partial charge < -0.3 is 10.5 Å². The van der Waals surface area contributed by atoms with Crippen LogP contribution in [0.3, 0.4) is 0 Å². The Hall–Kier alpha value is -1.65. The zero-order chi connectivity index (χ0) is 8.10. The second-order valence-electron chi connectivity index (χ2n) is 1.80. The van der Waals surface area contributed by atoms with E-state index in [1.165, 1.54) is 18.6 Å². The van der Waals surface area contributed by atoms with Crippen LogP contribution in [0.25, 0.3) is 0 Å². The Morgan fingerprint density at radius 3 is 3.00 bits per heavy atom. The van der Waals surface area contributed by atoms with Gasteiger partial charge in [-0.3, -0.25) is 9.78 Å². The van der Waals surface area contributed by atoms with Crippen LogP contribution in [-0.2, 0) is 4.79 Å². The molecule has 0 aliphatic carbocycles. The van der Waals surface area contributed by atoms with Crippen LogP contribution in [0.5, 0.6) is 5.88 Å². The van der Waals surface area contributed by atoms with E-state index in [-0.39, 0.29) is 6.61 Å². The molecule has 0 aliphatic rings. The smallest absolute Gasteiger partial charge is 0.255 e. The summed E-state index contributed by atoms with van der Waals surface area (Å²) in [6, 6.07) is 0. The van der Waals surface area contributed by atoms with Crippen molar-refractivity contribution < 1.29 is 9.53 Å². The predicted octanol–water partition coefficient (Wildman–Crippen LogP) is -0.659. The van der Waals surface area contributed by atoms with Crippen LogP contribution in [-0.4, -0.2) is 22.5 Å². The molecule has 0 fully saturated rings. The minimum absolute atomic E-state index is 0.168. The van der Waals surface area contributed by atoms with Crippen LogP contribution in [0.4, 0.5) is 0 Å². The van der Waals surface area contributed by atoms with Crippen molar-refractivity contribution in [2.24, 2.45) is 5.73 Å². The van der Waals surface area contributed by atoms with E-state index in [4.69, 9.17) is 10.5 Å². The van der Waals surface area contributed by atoms with Crippen molar-refractivity contribution in [1.29, 1.82) is 0 Å². The number of rotatable bonds is 3. The molecular formula is C6H7N3O2. The van der Waals surface area contributed by atoms with E-state index in [2.05, 4.69) is 9.97 Å². The van der Waals surface area contributed by atoms with Crippen LogP contribution in [0.2, 0.25) is 0 Å². The molecule has 1 aromatic rings. The summed E-state index contributed by atoms with van der Waals surface area (Å²) in [7, 11) is 0. The Morgan fingerprint density at radius 2 is 2.45 bits per heavy atom. The summed E-state index contributed by atoms with van der Waals surface area (Å²) in [5, 5.41) is 0. The molecule has 5 heteroatoms. The number of carbonyl (C=O) groups is 1. The highest BCUT2D eigenvalue weighted by Gasteiger charge is 1.96. The number of aromatic nitrogens is 2. The molecule has 0 spiro atoms. The lowest BCUT2D eigenvalue weighted by atomic mass is 10.6. The van der Waals surface area contributed by atoms with Gasteiger partial charge in [0.05, 0.1) is 6.20 Å². The maximum atomic E-state index is 10.2. The molecule has 0 saturated carbocycles. The molecule has 58 valence electrons. The van der Waals surface area contributed by atoms with Gasteiger partial charge in [0.15, 0.2) is 6.61 Å². The monoisotopic (exact) mass is 153 g/mol. The average Bonchev–Trinajstić information content (AvgIpc) is 2.03. The van der Waals surface area contributed by atoms with Gasteiger partial charge in [-0.2, -0.15) is 0 Å². The lowest BCUT2D eigenvalue weighted by molar-refractivity contribution is -0.120.